The standard InChI is InChI=1S/C10H9BrClFO/c11-4-2-1-3-7-5-8(12)6-9(13)10(7)14/h1,3,5-6,14H,2,4H2. The van der Waals surface area contributed by atoms with Crippen molar-refractivity contribution in [2.24, 2.45) is 0 Å². The molecule has 0 aliphatic rings. The van der Waals surface area contributed by atoms with E-state index in [0.717, 1.165) is 17.8 Å². The van der Waals surface area contributed by atoms with Crippen molar-refractivity contribution >= 4 is 33.6 Å². The van der Waals surface area contributed by atoms with Crippen molar-refractivity contribution in [3.8, 4) is 5.75 Å². The Bertz CT molecular complexity index is 352. The van der Waals surface area contributed by atoms with Crippen LogP contribution in [0.1, 0.15) is 12.0 Å². The second-order valence-corrected chi connectivity index (χ2v) is 3.93. The van der Waals surface area contributed by atoms with Crippen molar-refractivity contribution in [3.05, 3.63) is 34.6 Å². The van der Waals surface area contributed by atoms with Crippen molar-refractivity contribution in [1.82, 2.24) is 0 Å². The second kappa shape index (κ2) is 5.37. The molecule has 76 valence electrons. The molecular formula is C10H9BrClFO. The van der Waals surface area contributed by atoms with Gasteiger partial charge in [0.2, 0.25) is 0 Å². The van der Waals surface area contributed by atoms with Crippen molar-refractivity contribution in [2.75, 3.05) is 5.33 Å². The maximum absolute atomic E-state index is 13.0. The number of phenols is 1. The summed E-state index contributed by atoms with van der Waals surface area (Å²) in [6, 6.07) is 2.60. The van der Waals surface area contributed by atoms with Crippen LogP contribution in [0.4, 0.5) is 4.39 Å². The number of rotatable bonds is 3. The maximum atomic E-state index is 13.0. The van der Waals surface area contributed by atoms with E-state index in [4.69, 9.17) is 11.6 Å². The SMILES string of the molecule is Oc1c(F)cc(Cl)cc1C=CCCBr. The van der Waals surface area contributed by atoms with E-state index in [1.165, 1.54) is 6.07 Å². The van der Waals surface area contributed by atoms with Gasteiger partial charge in [0.05, 0.1) is 0 Å². The van der Waals surface area contributed by atoms with Gasteiger partial charge in [-0.15, -0.1) is 0 Å². The van der Waals surface area contributed by atoms with Crippen LogP contribution in [0.25, 0.3) is 6.08 Å². The van der Waals surface area contributed by atoms with Gasteiger partial charge in [0.15, 0.2) is 11.6 Å². The molecule has 4 heteroatoms. The highest BCUT2D eigenvalue weighted by Crippen LogP contribution is 2.26. The average Bonchev–Trinajstić information content (AvgIpc) is 2.13. The Morgan fingerprint density at radius 1 is 1.50 bits per heavy atom. The Labute approximate surface area is 95.3 Å². The van der Waals surface area contributed by atoms with Gasteiger partial charge in [0.1, 0.15) is 0 Å². The largest absolute Gasteiger partial charge is 0.504 e. The van der Waals surface area contributed by atoms with Gasteiger partial charge >= 0.3 is 0 Å². The fraction of sp³-hybridized carbons (Fsp3) is 0.200. The summed E-state index contributed by atoms with van der Waals surface area (Å²) in [7, 11) is 0. The summed E-state index contributed by atoms with van der Waals surface area (Å²) < 4.78 is 13.0. The minimum absolute atomic E-state index is 0.277. The second-order valence-electron chi connectivity index (χ2n) is 2.71. The number of alkyl halides is 1. The molecule has 0 aliphatic heterocycles. The van der Waals surface area contributed by atoms with Crippen LogP contribution in [0.5, 0.6) is 5.75 Å². The average molecular weight is 280 g/mol. The molecule has 1 aromatic carbocycles. The molecule has 14 heavy (non-hydrogen) atoms. The molecule has 0 radical (unpaired) electrons. The summed E-state index contributed by atoms with van der Waals surface area (Å²) in [5, 5.41) is 10.4. The molecule has 0 unspecified atom stereocenters. The molecule has 0 atom stereocenters. The number of hydrogen-bond acceptors (Lipinski definition) is 1. The summed E-state index contributed by atoms with van der Waals surface area (Å²) in [5.41, 5.74) is 0.399. The fourth-order valence-corrected chi connectivity index (χ4v) is 1.46. The van der Waals surface area contributed by atoms with Crippen LogP contribution < -0.4 is 0 Å². The first-order valence-corrected chi connectivity index (χ1v) is 5.55. The third-order valence-electron chi connectivity index (χ3n) is 1.63. The Hall–Kier alpha value is -0.540. The van der Waals surface area contributed by atoms with Gasteiger partial charge in [-0.2, -0.15) is 0 Å². The molecule has 1 N–H and O–H groups in total. The van der Waals surface area contributed by atoms with E-state index >= 15 is 0 Å². The molecular weight excluding hydrogens is 270 g/mol. The Morgan fingerprint density at radius 3 is 2.86 bits per heavy atom. The summed E-state index contributed by atoms with van der Waals surface area (Å²) in [4.78, 5) is 0. The molecule has 1 nitrogen and oxygen atoms in total. The van der Waals surface area contributed by atoms with Crippen LogP contribution in [0.2, 0.25) is 5.02 Å². The van der Waals surface area contributed by atoms with E-state index < -0.39 is 5.82 Å². The molecule has 0 bridgehead atoms. The summed E-state index contributed by atoms with van der Waals surface area (Å²) >= 11 is 8.90. The van der Waals surface area contributed by atoms with E-state index in [1.807, 2.05) is 6.08 Å². The Kier molecular flexibility index (Phi) is 4.42. The van der Waals surface area contributed by atoms with Gasteiger partial charge in [-0.3, -0.25) is 0 Å². The number of benzene rings is 1. The van der Waals surface area contributed by atoms with Gasteiger partial charge in [0.25, 0.3) is 0 Å². The van der Waals surface area contributed by atoms with E-state index in [9.17, 15) is 9.50 Å². The van der Waals surface area contributed by atoms with Gasteiger partial charge in [-0.25, -0.2) is 4.39 Å². The van der Waals surface area contributed by atoms with E-state index in [-0.39, 0.29) is 10.8 Å². The fourth-order valence-electron chi connectivity index (χ4n) is 0.986. The lowest BCUT2D eigenvalue weighted by Gasteiger charge is -2.01. The third kappa shape index (κ3) is 3.00. The minimum Gasteiger partial charge on any atom is -0.504 e. The van der Waals surface area contributed by atoms with Crippen LogP contribution in [0.15, 0.2) is 18.2 Å². The van der Waals surface area contributed by atoms with Crippen LogP contribution in [0, 0.1) is 5.82 Å². The van der Waals surface area contributed by atoms with E-state index in [2.05, 4.69) is 15.9 Å². The maximum Gasteiger partial charge on any atom is 0.166 e. The topological polar surface area (TPSA) is 20.2 Å². The van der Waals surface area contributed by atoms with E-state index in [0.29, 0.717) is 5.56 Å². The van der Waals surface area contributed by atoms with Crippen molar-refractivity contribution in [3.63, 3.8) is 0 Å². The first-order valence-electron chi connectivity index (χ1n) is 4.05. The molecule has 0 amide bonds. The molecule has 0 saturated heterocycles. The minimum atomic E-state index is -0.698. The number of halogens is 3. The zero-order valence-electron chi connectivity index (χ0n) is 7.30. The summed E-state index contributed by atoms with van der Waals surface area (Å²) in [6.45, 7) is 0. The molecule has 0 aromatic heterocycles. The molecule has 0 aliphatic carbocycles. The normalized spacial score (nSPS) is 11.1. The number of aromatic hydroxyl groups is 1. The zero-order valence-corrected chi connectivity index (χ0v) is 9.65. The van der Waals surface area contributed by atoms with Gasteiger partial charge in [-0.1, -0.05) is 39.7 Å². The molecule has 0 spiro atoms. The predicted molar refractivity (Wildman–Crippen MR) is 60.5 cm³/mol. The lowest BCUT2D eigenvalue weighted by Crippen LogP contribution is -1.81. The zero-order chi connectivity index (χ0) is 10.6. The predicted octanol–water partition coefficient (Wildman–Crippen LogP) is 3.98. The molecule has 0 fully saturated rings. The Morgan fingerprint density at radius 2 is 2.21 bits per heavy atom. The number of phenolic OH excluding ortho intramolecular Hbond substituents is 1. The molecule has 1 rings (SSSR count). The van der Waals surface area contributed by atoms with Crippen LogP contribution >= 0.6 is 27.5 Å². The van der Waals surface area contributed by atoms with Gasteiger partial charge in [0, 0.05) is 15.9 Å². The molecule has 0 saturated carbocycles. The van der Waals surface area contributed by atoms with Gasteiger partial charge in [-0.05, 0) is 18.6 Å². The first kappa shape index (κ1) is 11.5. The highest BCUT2D eigenvalue weighted by atomic mass is 79.9. The lowest BCUT2D eigenvalue weighted by molar-refractivity contribution is 0.431. The van der Waals surface area contributed by atoms with Crippen LogP contribution in [-0.4, -0.2) is 10.4 Å². The summed E-state index contributed by atoms with van der Waals surface area (Å²) in [5.74, 6) is -1.06. The monoisotopic (exact) mass is 278 g/mol. The lowest BCUT2D eigenvalue weighted by atomic mass is 10.1. The van der Waals surface area contributed by atoms with E-state index in [1.54, 1.807) is 6.08 Å². The smallest absolute Gasteiger partial charge is 0.166 e. The van der Waals surface area contributed by atoms with Crippen molar-refractivity contribution in [2.45, 2.75) is 6.42 Å². The van der Waals surface area contributed by atoms with Crippen molar-refractivity contribution in [1.29, 1.82) is 0 Å². The quantitative estimate of drug-likeness (QED) is 0.830. The molecule has 0 heterocycles. The third-order valence-corrected chi connectivity index (χ3v) is 2.31. The number of hydrogen-bond donors (Lipinski definition) is 1. The van der Waals surface area contributed by atoms with Crippen LogP contribution in [0.3, 0.4) is 0 Å². The Balaban J connectivity index is 2.96. The first-order chi connectivity index (χ1) is 6.65. The highest BCUT2D eigenvalue weighted by Gasteiger charge is 2.05. The van der Waals surface area contributed by atoms with Crippen LogP contribution in [-0.2, 0) is 0 Å². The molecule has 1 aromatic rings. The number of allylic oxidation sites excluding steroid dienone is 1. The highest BCUT2D eigenvalue weighted by molar-refractivity contribution is 9.09. The van der Waals surface area contributed by atoms with Crippen molar-refractivity contribution < 1.29 is 9.50 Å². The summed E-state index contributed by atoms with van der Waals surface area (Å²) in [6.07, 6.45) is 4.29. The van der Waals surface area contributed by atoms with Gasteiger partial charge < -0.3 is 5.11 Å².